The van der Waals surface area contributed by atoms with Crippen LogP contribution >= 0.6 is 0 Å². The lowest BCUT2D eigenvalue weighted by molar-refractivity contribution is 0.572. The van der Waals surface area contributed by atoms with Gasteiger partial charge >= 0.3 is 0 Å². The predicted molar refractivity (Wildman–Crippen MR) is 369 cm³/mol. The molecule has 0 saturated heterocycles. The van der Waals surface area contributed by atoms with E-state index in [4.69, 9.17) is 0 Å². The van der Waals surface area contributed by atoms with Crippen LogP contribution in [0.1, 0.15) is 46.6 Å². The third-order valence-electron chi connectivity index (χ3n) is 16.9. The van der Waals surface area contributed by atoms with Gasteiger partial charge in [0.2, 0.25) is 0 Å². The molecule has 89 heavy (non-hydrogen) atoms. The van der Waals surface area contributed by atoms with Gasteiger partial charge in [0.1, 0.15) is 12.1 Å². The third kappa shape index (κ3) is 11.9. The topological polar surface area (TPSA) is 57.3 Å². The van der Waals surface area contributed by atoms with Crippen molar-refractivity contribution in [3.8, 4) is 56.6 Å². The van der Waals surface area contributed by atoms with Crippen LogP contribution in [-0.2, 0) is 6.42 Å². The molecule has 0 aliphatic carbocycles. The first-order chi connectivity index (χ1) is 44.0. The van der Waals surface area contributed by atoms with Crippen LogP contribution in [0.25, 0.3) is 44.5 Å². The number of benzene rings is 13. The fourth-order valence-electron chi connectivity index (χ4n) is 12.6. The van der Waals surface area contributed by atoms with Crippen molar-refractivity contribution in [3.63, 3.8) is 0 Å². The molecule has 0 radical (unpaired) electrons. The van der Waals surface area contributed by atoms with Crippen LogP contribution in [0, 0.1) is 22.7 Å². The van der Waals surface area contributed by atoms with Crippen molar-refractivity contribution in [3.05, 3.63) is 368 Å². The van der Waals surface area contributed by atoms with Crippen molar-refractivity contribution in [2.45, 2.75) is 25.2 Å². The Morgan fingerprint density at radius 3 is 0.753 bits per heavy atom. The average molecular weight is 1140 g/mol. The molecule has 13 rings (SSSR count). The monoisotopic (exact) mass is 1140 g/mol. The Labute approximate surface area is 522 Å². The zero-order chi connectivity index (χ0) is 60.3. The second-order valence-corrected chi connectivity index (χ2v) is 22.3. The summed E-state index contributed by atoms with van der Waals surface area (Å²) in [6, 6.07) is 124. The summed E-state index contributed by atoms with van der Waals surface area (Å²) >= 11 is 0. The Kier molecular flexibility index (Phi) is 16.6. The van der Waals surface area contributed by atoms with E-state index < -0.39 is 0 Å². The normalized spacial score (nSPS) is 11.6. The van der Waals surface area contributed by atoms with Gasteiger partial charge in [0, 0.05) is 62.3 Å². The Morgan fingerprint density at radius 2 is 0.483 bits per heavy atom. The summed E-state index contributed by atoms with van der Waals surface area (Å²) in [7, 11) is 0. The van der Waals surface area contributed by atoms with Crippen LogP contribution in [0.15, 0.2) is 340 Å². The van der Waals surface area contributed by atoms with Gasteiger partial charge < -0.3 is 14.7 Å². The fraction of sp³-hybridized carbons (Fsp3) is 0.0476. The highest BCUT2D eigenvalue weighted by atomic mass is 15.2. The molecule has 5 nitrogen and oxygen atoms in total. The number of anilines is 9. The van der Waals surface area contributed by atoms with Gasteiger partial charge in [0.05, 0.1) is 11.1 Å². The van der Waals surface area contributed by atoms with Gasteiger partial charge in [-0.15, -0.1) is 0 Å². The summed E-state index contributed by atoms with van der Waals surface area (Å²) in [4.78, 5) is 6.73. The first kappa shape index (κ1) is 56.4. The minimum atomic E-state index is 0.194. The smallest absolute Gasteiger partial charge is 0.101 e. The number of para-hydroxylation sites is 6. The molecule has 5 heteroatoms. The molecule has 0 heterocycles. The zero-order valence-corrected chi connectivity index (χ0v) is 49.4. The van der Waals surface area contributed by atoms with E-state index in [1.807, 2.05) is 36.4 Å². The molecule has 0 aliphatic heterocycles. The molecule has 0 N–H and O–H groups in total. The van der Waals surface area contributed by atoms with E-state index in [0.29, 0.717) is 22.3 Å². The molecule has 2 unspecified atom stereocenters. The van der Waals surface area contributed by atoms with Crippen molar-refractivity contribution in [1.29, 1.82) is 10.5 Å². The van der Waals surface area contributed by atoms with E-state index >= 15 is 0 Å². The number of rotatable bonds is 18. The number of nitrogens with zero attached hydrogens (tertiary/aromatic N) is 5. The van der Waals surface area contributed by atoms with Crippen molar-refractivity contribution in [1.82, 2.24) is 0 Å². The van der Waals surface area contributed by atoms with Crippen molar-refractivity contribution in [2.75, 3.05) is 14.7 Å². The molecule has 0 bridgehead atoms. The van der Waals surface area contributed by atoms with Gasteiger partial charge in [0.15, 0.2) is 0 Å². The van der Waals surface area contributed by atoms with Crippen LogP contribution in [0.4, 0.5) is 51.2 Å². The van der Waals surface area contributed by atoms with Crippen LogP contribution < -0.4 is 14.7 Å². The quantitative estimate of drug-likeness (QED) is 0.0857. The minimum Gasteiger partial charge on any atom is -0.311 e. The summed E-state index contributed by atoms with van der Waals surface area (Å²) in [5, 5.41) is 23.8. The predicted octanol–water partition coefficient (Wildman–Crippen LogP) is 22.6. The van der Waals surface area contributed by atoms with Crippen LogP contribution in [0.2, 0.25) is 0 Å². The van der Waals surface area contributed by atoms with Crippen molar-refractivity contribution in [2.24, 2.45) is 0 Å². The second kappa shape index (κ2) is 26.2. The van der Waals surface area contributed by atoms with Gasteiger partial charge in [0.25, 0.3) is 0 Å². The van der Waals surface area contributed by atoms with Gasteiger partial charge in [-0.25, -0.2) is 0 Å². The maximum Gasteiger partial charge on any atom is 0.101 e. The van der Waals surface area contributed by atoms with Crippen LogP contribution in [0.3, 0.4) is 0 Å². The lowest BCUT2D eigenvalue weighted by atomic mass is 9.77. The number of hydrogen-bond donors (Lipinski definition) is 0. The van der Waals surface area contributed by atoms with Gasteiger partial charge in [-0.3, -0.25) is 0 Å². The highest BCUT2D eigenvalue weighted by molar-refractivity contribution is 6.07. The Hall–Kier alpha value is -11.8. The lowest BCUT2D eigenvalue weighted by Crippen LogP contribution is -2.11. The molecule has 0 spiro atoms. The summed E-state index contributed by atoms with van der Waals surface area (Å²) in [5.41, 5.74) is 19.8. The molecule has 0 saturated carbocycles. The number of nitriles is 2. The molecule has 0 aromatic heterocycles. The van der Waals surface area contributed by atoms with Gasteiger partial charge in [-0.05, 0) is 178 Å². The zero-order valence-electron chi connectivity index (χ0n) is 49.4. The molecule has 0 aliphatic rings. The number of hydrogen-bond acceptors (Lipinski definition) is 5. The van der Waals surface area contributed by atoms with Crippen LogP contribution in [0.5, 0.6) is 0 Å². The van der Waals surface area contributed by atoms with E-state index in [1.54, 1.807) is 0 Å². The Morgan fingerprint density at radius 1 is 0.258 bits per heavy atom. The van der Waals surface area contributed by atoms with Crippen LogP contribution in [-0.4, -0.2) is 0 Å². The second-order valence-electron chi connectivity index (χ2n) is 22.3. The third-order valence-corrected chi connectivity index (χ3v) is 16.9. The summed E-state index contributed by atoms with van der Waals surface area (Å²) < 4.78 is 0. The SMILES string of the molecule is CC(c1ccccc1)C(Cc1ccc(-c2c(-c3ccc(N(c4ccccc4)c4ccccc4)cc3)c(C#N)c(C#N)c(-c3ccc(N(c4ccccc4)c4ccccc4)cc3)c2-c2ccc(N(c3ccccc3)c3ccccc3)cc2)cc1)c1ccccc1. The Balaban J connectivity index is 1.05. The first-order valence-corrected chi connectivity index (χ1v) is 30.3. The molecule has 0 fully saturated rings. The lowest BCUT2D eigenvalue weighted by Gasteiger charge is -2.28. The van der Waals surface area contributed by atoms with Gasteiger partial charge in [-0.1, -0.05) is 237 Å². The molecular weight excluding hydrogens is 1080 g/mol. The summed E-state index contributed by atoms with van der Waals surface area (Å²) in [6.07, 6.45) is 0.805. The largest absolute Gasteiger partial charge is 0.311 e. The van der Waals surface area contributed by atoms with Crippen molar-refractivity contribution < 1.29 is 0 Å². The van der Waals surface area contributed by atoms with Gasteiger partial charge in [-0.2, -0.15) is 10.5 Å². The molecule has 0 amide bonds. The highest BCUT2D eigenvalue weighted by Crippen LogP contribution is 2.52. The first-order valence-electron chi connectivity index (χ1n) is 30.3. The highest BCUT2D eigenvalue weighted by Gasteiger charge is 2.30. The van der Waals surface area contributed by atoms with Crippen molar-refractivity contribution >= 4 is 51.2 Å². The molecule has 2 atom stereocenters. The standard InChI is InChI=1S/C84H63N5/c1-61(63-26-10-2-11-27-63)78(64-28-12-3-13-29-64)58-62-42-44-67(45-43-62)83-81(65-46-52-75(53-47-65)87(69-30-14-4-15-31-69)70-32-16-5-17-33-70)79(59-85)80(60-86)82(66-48-54-76(55-49-66)88(71-34-18-6-19-35-71)72-36-20-7-21-37-72)84(83)68-50-56-77(57-51-68)89(73-38-22-8-23-39-73)74-40-24-9-25-41-74/h2-57,61,78H,58H2,1H3. The van der Waals surface area contributed by atoms with E-state index in [9.17, 15) is 10.5 Å². The average Bonchev–Trinajstić information content (AvgIpc) is 0.832. The molecule has 13 aromatic rings. The minimum absolute atomic E-state index is 0.194. The summed E-state index contributed by atoms with van der Waals surface area (Å²) in [6.45, 7) is 2.34. The van der Waals surface area contributed by atoms with E-state index in [1.165, 1.54) is 16.7 Å². The molecule has 13 aromatic carbocycles. The van der Waals surface area contributed by atoms with E-state index in [0.717, 1.165) is 91.0 Å². The molecular formula is C84H63N5. The van der Waals surface area contributed by atoms with E-state index in [-0.39, 0.29) is 11.8 Å². The maximum absolute atomic E-state index is 11.9. The summed E-state index contributed by atoms with van der Waals surface area (Å²) in [5.74, 6) is 0.430. The maximum atomic E-state index is 11.9. The molecule has 424 valence electrons. The Bertz CT molecular complexity index is 4420. The fourth-order valence-corrected chi connectivity index (χ4v) is 12.6. The van der Waals surface area contributed by atoms with E-state index in [2.05, 4.69) is 337 Å².